The van der Waals surface area contributed by atoms with Gasteiger partial charge in [0, 0.05) is 32.4 Å². The minimum atomic E-state index is -4.90. The Morgan fingerprint density at radius 3 is 2.69 bits per heavy atom. The second-order valence-corrected chi connectivity index (χ2v) is 6.40. The largest absolute Gasteiger partial charge is 0.573 e. The van der Waals surface area contributed by atoms with Crippen LogP contribution in [0.15, 0.2) is 47.6 Å². The summed E-state index contributed by atoms with van der Waals surface area (Å²) in [7, 11) is 1.37. The molecule has 0 radical (unpaired) electrons. The van der Waals surface area contributed by atoms with Gasteiger partial charge in [0.1, 0.15) is 23.4 Å². The van der Waals surface area contributed by atoms with E-state index in [-0.39, 0.29) is 37.2 Å². The van der Waals surface area contributed by atoms with Gasteiger partial charge in [0.05, 0.1) is 6.54 Å². The molecule has 0 fully saturated rings. The normalized spacial score (nSPS) is 13.0. The van der Waals surface area contributed by atoms with E-state index in [0.717, 1.165) is 34.4 Å². The van der Waals surface area contributed by atoms with E-state index in [0.29, 0.717) is 0 Å². The second kappa shape index (κ2) is 12.4. The van der Waals surface area contributed by atoms with Gasteiger partial charge in [0.25, 0.3) is 5.91 Å². The molecule has 0 saturated carbocycles. The molecule has 0 bridgehead atoms. The van der Waals surface area contributed by atoms with Crippen LogP contribution in [0.5, 0.6) is 5.75 Å². The fraction of sp³-hybridized carbons (Fsp3) is 0.389. The predicted octanol–water partition coefficient (Wildman–Crippen LogP) is 2.48. The number of likely N-dealkylation sites (N-methyl/N-ethyl adjacent to an activating group) is 1. The van der Waals surface area contributed by atoms with E-state index < -0.39 is 30.0 Å². The van der Waals surface area contributed by atoms with Crippen LogP contribution in [-0.2, 0) is 11.2 Å². The average molecular weight is 465 g/mol. The molecule has 1 aromatic rings. The third-order valence-electron chi connectivity index (χ3n) is 3.87. The monoisotopic (exact) mass is 465 g/mol. The maximum Gasteiger partial charge on any atom is 0.573 e. The molecule has 6 N–H and O–H groups in total. The number of carbonyl (C=O) groups is 1. The number of hydrazine groups is 1. The van der Waals surface area contributed by atoms with E-state index in [2.05, 4.69) is 15.3 Å². The van der Waals surface area contributed by atoms with Crippen molar-refractivity contribution < 1.29 is 31.5 Å². The third kappa shape index (κ3) is 10.1. The molecule has 0 heterocycles. The number of benzene rings is 1. The van der Waals surface area contributed by atoms with Gasteiger partial charge in [-0.1, -0.05) is 11.3 Å². The van der Waals surface area contributed by atoms with Gasteiger partial charge in [-0.2, -0.15) is 5.53 Å². The van der Waals surface area contributed by atoms with Crippen molar-refractivity contribution >= 4 is 5.91 Å². The molecule has 1 rings (SSSR count). The van der Waals surface area contributed by atoms with Crippen LogP contribution in [0.1, 0.15) is 12.0 Å². The number of carbonyl (C=O) groups excluding carboxylic acids is 1. The van der Waals surface area contributed by atoms with Crippen LogP contribution in [0.2, 0.25) is 0 Å². The molecule has 0 aliphatic carbocycles. The quantitative estimate of drug-likeness (QED) is 0.123. The lowest BCUT2D eigenvalue weighted by Crippen LogP contribution is -2.36. The number of rotatable bonds is 12. The Morgan fingerprint density at radius 2 is 2.09 bits per heavy atom. The van der Waals surface area contributed by atoms with Crippen LogP contribution in [0.4, 0.5) is 22.0 Å². The highest BCUT2D eigenvalue weighted by molar-refractivity contribution is 5.91. The van der Waals surface area contributed by atoms with Crippen LogP contribution in [0, 0.1) is 11.3 Å². The molecule has 0 saturated heterocycles. The maximum absolute atomic E-state index is 14.1. The molecule has 1 aromatic carbocycles. The van der Waals surface area contributed by atoms with Gasteiger partial charge in [0.2, 0.25) is 0 Å². The number of nitrogens with two attached hydrogens (primary N) is 2. The molecule has 0 aromatic heterocycles. The molecule has 1 atom stereocenters. The van der Waals surface area contributed by atoms with Crippen molar-refractivity contribution in [3.63, 3.8) is 0 Å². The van der Waals surface area contributed by atoms with Crippen LogP contribution < -0.4 is 21.6 Å². The zero-order valence-electron chi connectivity index (χ0n) is 17.1. The summed E-state index contributed by atoms with van der Waals surface area (Å²) in [4.78, 5) is 11.3. The zero-order chi connectivity index (χ0) is 24.3. The Hall–Kier alpha value is -3.42. The van der Waals surface area contributed by atoms with Crippen LogP contribution in [0.3, 0.4) is 0 Å². The van der Waals surface area contributed by atoms with Crippen LogP contribution >= 0.6 is 0 Å². The highest BCUT2D eigenvalue weighted by atomic mass is 19.4. The number of hydrogen-bond donors (Lipinski definition) is 4. The van der Waals surface area contributed by atoms with E-state index in [1.807, 2.05) is 0 Å². The van der Waals surface area contributed by atoms with Gasteiger partial charge >= 0.3 is 6.36 Å². The number of alkyl halides is 4. The first-order valence-corrected chi connectivity index (χ1v) is 9.14. The third-order valence-corrected chi connectivity index (χ3v) is 3.87. The standard InChI is InChI=1S/C18H24F5N7O2/c1-27-17(31)16(24)11-29(26)10-13(19)6-8-30(28-25)7-2-3-12-9-14(4-5-15(12)20)32-18(21,22)23/h2,4-5,7,9,11,13,25H,3,6,8,10,24,26H2,1H3,(H,27,31)/b7-2+,16-11-,28-25?. The molecule has 1 amide bonds. The summed E-state index contributed by atoms with van der Waals surface area (Å²) in [6.07, 6.45) is -2.90. The topological polar surface area (TPSA) is 133 Å². The lowest BCUT2D eigenvalue weighted by atomic mass is 10.1. The van der Waals surface area contributed by atoms with E-state index in [9.17, 15) is 26.7 Å². The fourth-order valence-electron chi connectivity index (χ4n) is 2.39. The molecule has 178 valence electrons. The van der Waals surface area contributed by atoms with Gasteiger partial charge in [0.15, 0.2) is 0 Å². The Morgan fingerprint density at radius 1 is 1.41 bits per heavy atom. The zero-order valence-corrected chi connectivity index (χ0v) is 17.1. The lowest BCUT2D eigenvalue weighted by Gasteiger charge is -2.19. The Balaban J connectivity index is 2.59. The summed E-state index contributed by atoms with van der Waals surface area (Å²) in [6.45, 7) is -0.326. The molecule has 32 heavy (non-hydrogen) atoms. The van der Waals surface area contributed by atoms with Crippen LogP contribution in [-0.4, -0.2) is 48.6 Å². The van der Waals surface area contributed by atoms with Crippen molar-refractivity contribution in [1.29, 1.82) is 5.53 Å². The van der Waals surface area contributed by atoms with Gasteiger partial charge in [-0.25, -0.2) is 14.6 Å². The van der Waals surface area contributed by atoms with Gasteiger partial charge < -0.3 is 20.8 Å². The average Bonchev–Trinajstić information content (AvgIpc) is 2.70. The highest BCUT2D eigenvalue weighted by Gasteiger charge is 2.31. The van der Waals surface area contributed by atoms with Gasteiger partial charge in [-0.15, -0.1) is 13.2 Å². The summed E-state index contributed by atoms with van der Waals surface area (Å²) < 4.78 is 68.5. The maximum atomic E-state index is 14.1. The van der Waals surface area contributed by atoms with E-state index in [1.165, 1.54) is 19.3 Å². The number of nitrogens with one attached hydrogen (secondary N) is 2. The first-order valence-electron chi connectivity index (χ1n) is 9.14. The summed E-state index contributed by atoms with van der Waals surface area (Å²) in [6, 6.07) is 2.59. The van der Waals surface area contributed by atoms with E-state index in [4.69, 9.17) is 17.1 Å². The highest BCUT2D eigenvalue weighted by Crippen LogP contribution is 2.25. The summed E-state index contributed by atoms with van der Waals surface area (Å²) >= 11 is 0. The Labute approximate surface area is 180 Å². The Bertz CT molecular complexity index is 832. The second-order valence-electron chi connectivity index (χ2n) is 6.40. The van der Waals surface area contributed by atoms with Crippen molar-refractivity contribution in [2.75, 3.05) is 20.1 Å². The SMILES string of the molecule is CNC(=O)/C(N)=C/N(N)CC(F)CCN(/C=C/Cc1cc(OC(F)(F)F)ccc1F)N=N. The van der Waals surface area contributed by atoms with Gasteiger partial charge in [-0.3, -0.25) is 9.80 Å². The van der Waals surface area contributed by atoms with Crippen molar-refractivity contribution in [2.24, 2.45) is 16.8 Å². The van der Waals surface area contributed by atoms with Crippen molar-refractivity contribution in [1.82, 2.24) is 15.3 Å². The summed E-state index contributed by atoms with van der Waals surface area (Å²) in [5.74, 6) is 3.68. The molecule has 0 aliphatic rings. The number of ether oxygens (including phenoxy) is 1. The number of allylic oxidation sites excluding steroid dienone is 1. The first kappa shape index (κ1) is 26.6. The number of nitrogens with zero attached hydrogens (tertiary/aromatic N) is 3. The van der Waals surface area contributed by atoms with E-state index in [1.54, 1.807) is 0 Å². The molecule has 0 aliphatic heterocycles. The fourth-order valence-corrected chi connectivity index (χ4v) is 2.39. The van der Waals surface area contributed by atoms with Crippen molar-refractivity contribution in [3.8, 4) is 5.75 Å². The number of amides is 1. The molecule has 9 nitrogen and oxygen atoms in total. The molecule has 14 heteroatoms. The van der Waals surface area contributed by atoms with Crippen molar-refractivity contribution in [2.45, 2.75) is 25.4 Å². The molecular weight excluding hydrogens is 441 g/mol. The number of hydrogen-bond acceptors (Lipinski definition) is 7. The Kier molecular flexibility index (Phi) is 10.3. The minimum Gasteiger partial charge on any atom is -0.406 e. The summed E-state index contributed by atoms with van der Waals surface area (Å²) in [5, 5.41) is 7.42. The summed E-state index contributed by atoms with van der Waals surface area (Å²) in [5.41, 5.74) is 12.3. The van der Waals surface area contributed by atoms with Gasteiger partial charge in [-0.05, 0) is 30.2 Å². The molecule has 1 unspecified atom stereocenters. The van der Waals surface area contributed by atoms with Crippen molar-refractivity contribution in [3.05, 3.63) is 53.8 Å². The smallest absolute Gasteiger partial charge is 0.406 e. The first-order chi connectivity index (χ1) is 14.9. The van der Waals surface area contributed by atoms with E-state index >= 15 is 0 Å². The minimum absolute atomic E-state index is 0.0383. The number of halogens is 5. The predicted molar refractivity (Wildman–Crippen MR) is 105 cm³/mol. The molecule has 0 spiro atoms. The van der Waals surface area contributed by atoms with Crippen LogP contribution in [0.25, 0.3) is 0 Å². The molecular formula is C18H24F5N7O2. The lowest BCUT2D eigenvalue weighted by molar-refractivity contribution is -0.274.